The van der Waals surface area contributed by atoms with Crippen molar-refractivity contribution in [1.82, 2.24) is 14.8 Å². The second-order valence-electron chi connectivity index (χ2n) is 9.55. The van der Waals surface area contributed by atoms with E-state index in [1.54, 1.807) is 24.5 Å². The number of hydrogen-bond donors (Lipinski definition) is 0. The number of fused-ring (bicyclic) bond motifs is 1. The van der Waals surface area contributed by atoms with Crippen LogP contribution in [0.5, 0.6) is 0 Å². The highest BCUT2D eigenvalue weighted by Crippen LogP contribution is 2.35. The first-order valence-corrected chi connectivity index (χ1v) is 11.9. The number of amides is 3. The molecule has 0 saturated carbocycles. The summed E-state index contributed by atoms with van der Waals surface area (Å²) in [6, 6.07) is 9.17. The van der Waals surface area contributed by atoms with E-state index >= 15 is 0 Å². The Morgan fingerprint density at radius 3 is 2.58 bits per heavy atom. The molecule has 5 rings (SSSR count). The normalized spacial score (nSPS) is 21.5. The summed E-state index contributed by atoms with van der Waals surface area (Å²) < 4.78 is 0. The van der Waals surface area contributed by atoms with E-state index in [0.29, 0.717) is 30.1 Å². The first kappa shape index (κ1) is 21.6. The molecule has 3 aliphatic rings. The van der Waals surface area contributed by atoms with Gasteiger partial charge in [-0.25, -0.2) is 0 Å². The molecule has 33 heavy (non-hydrogen) atoms. The summed E-state index contributed by atoms with van der Waals surface area (Å²) in [6.07, 6.45) is 7.18. The van der Waals surface area contributed by atoms with Gasteiger partial charge in [0.2, 0.25) is 5.91 Å². The van der Waals surface area contributed by atoms with Crippen molar-refractivity contribution >= 4 is 23.4 Å². The number of pyridine rings is 1. The Morgan fingerprint density at radius 2 is 1.85 bits per heavy atom. The van der Waals surface area contributed by atoms with E-state index in [1.165, 1.54) is 11.3 Å². The molecular formula is C26H30N4O3. The maximum Gasteiger partial charge on any atom is 0.263 e. The van der Waals surface area contributed by atoms with Crippen LogP contribution in [-0.4, -0.2) is 58.7 Å². The lowest BCUT2D eigenvalue weighted by Crippen LogP contribution is -2.46. The molecule has 2 fully saturated rings. The predicted octanol–water partition coefficient (Wildman–Crippen LogP) is 3.35. The van der Waals surface area contributed by atoms with Crippen molar-refractivity contribution in [1.29, 1.82) is 0 Å². The second-order valence-corrected chi connectivity index (χ2v) is 9.55. The van der Waals surface area contributed by atoms with Gasteiger partial charge in [0.1, 0.15) is 0 Å². The molecule has 1 atom stereocenters. The van der Waals surface area contributed by atoms with Gasteiger partial charge in [0.05, 0.1) is 23.4 Å². The lowest BCUT2D eigenvalue weighted by Gasteiger charge is -2.38. The van der Waals surface area contributed by atoms with Gasteiger partial charge in [0.25, 0.3) is 11.8 Å². The first-order chi connectivity index (χ1) is 16.0. The molecule has 172 valence electrons. The Labute approximate surface area is 194 Å². The fourth-order valence-corrected chi connectivity index (χ4v) is 5.41. The number of likely N-dealkylation sites (tertiary alicyclic amines) is 1. The number of hydrogen-bond acceptors (Lipinski definition) is 5. The average molecular weight is 447 g/mol. The van der Waals surface area contributed by atoms with Crippen LogP contribution >= 0.6 is 0 Å². The third-order valence-corrected chi connectivity index (χ3v) is 7.19. The summed E-state index contributed by atoms with van der Waals surface area (Å²) in [5, 5.41) is 0. The number of piperidine rings is 2. The molecule has 2 aromatic rings. The van der Waals surface area contributed by atoms with Gasteiger partial charge in [-0.05, 0) is 55.4 Å². The zero-order valence-corrected chi connectivity index (χ0v) is 19.1. The standard InChI is InChI=1S/C26H30N4O3/c1-18-5-4-12-29(16-18)24(31)20-9-13-28(14-10-20)22-8-2-7-21-23(22)26(33)30(25(21)32)17-19-6-3-11-27-15-19/h2-3,6-8,11,15,18,20H,4-5,9-10,12-14,16-17H2,1H3/t18-/m0/s1. The molecule has 2 saturated heterocycles. The van der Waals surface area contributed by atoms with Crippen molar-refractivity contribution in [2.24, 2.45) is 11.8 Å². The predicted molar refractivity (Wildman–Crippen MR) is 125 cm³/mol. The van der Waals surface area contributed by atoms with Crippen LogP contribution in [-0.2, 0) is 11.3 Å². The Hall–Kier alpha value is -3.22. The maximum atomic E-state index is 13.3. The van der Waals surface area contributed by atoms with Crippen molar-refractivity contribution in [3.8, 4) is 0 Å². The molecule has 3 amide bonds. The quantitative estimate of drug-likeness (QED) is 0.674. The van der Waals surface area contributed by atoms with Crippen LogP contribution in [0.25, 0.3) is 0 Å². The van der Waals surface area contributed by atoms with Crippen LogP contribution in [0.15, 0.2) is 42.7 Å². The minimum atomic E-state index is -0.259. The van der Waals surface area contributed by atoms with Gasteiger partial charge in [-0.1, -0.05) is 19.1 Å². The van der Waals surface area contributed by atoms with Crippen LogP contribution in [0.4, 0.5) is 5.69 Å². The fourth-order valence-electron chi connectivity index (χ4n) is 5.41. The van der Waals surface area contributed by atoms with Gasteiger partial charge in [0.15, 0.2) is 0 Å². The highest BCUT2D eigenvalue weighted by atomic mass is 16.2. The fraction of sp³-hybridized carbons (Fsp3) is 0.462. The van der Waals surface area contributed by atoms with Crippen LogP contribution in [0.3, 0.4) is 0 Å². The molecule has 3 aliphatic heterocycles. The van der Waals surface area contributed by atoms with Crippen molar-refractivity contribution in [2.45, 2.75) is 39.2 Å². The largest absolute Gasteiger partial charge is 0.371 e. The molecule has 1 aromatic carbocycles. The average Bonchev–Trinajstić information content (AvgIpc) is 3.09. The smallest absolute Gasteiger partial charge is 0.263 e. The first-order valence-electron chi connectivity index (χ1n) is 11.9. The topological polar surface area (TPSA) is 73.8 Å². The number of aromatic nitrogens is 1. The van der Waals surface area contributed by atoms with E-state index in [0.717, 1.165) is 43.6 Å². The Kier molecular flexibility index (Phi) is 5.87. The molecule has 1 aromatic heterocycles. The van der Waals surface area contributed by atoms with Gasteiger partial charge in [-0.2, -0.15) is 0 Å². The van der Waals surface area contributed by atoms with Crippen LogP contribution < -0.4 is 4.90 Å². The Morgan fingerprint density at radius 1 is 1.03 bits per heavy atom. The van der Waals surface area contributed by atoms with Gasteiger partial charge in [-0.3, -0.25) is 24.3 Å². The van der Waals surface area contributed by atoms with Crippen molar-refractivity contribution in [2.75, 3.05) is 31.1 Å². The number of carbonyl (C=O) groups is 3. The molecule has 7 heteroatoms. The second kappa shape index (κ2) is 8.96. The van der Waals surface area contributed by atoms with Crippen LogP contribution in [0.1, 0.15) is 58.9 Å². The van der Waals surface area contributed by atoms with E-state index in [1.807, 2.05) is 23.1 Å². The Bertz CT molecular complexity index is 1060. The van der Waals surface area contributed by atoms with Gasteiger partial charge < -0.3 is 9.80 Å². The van der Waals surface area contributed by atoms with Gasteiger partial charge >= 0.3 is 0 Å². The van der Waals surface area contributed by atoms with E-state index in [-0.39, 0.29) is 30.2 Å². The lowest BCUT2D eigenvalue weighted by molar-refractivity contribution is -0.137. The number of imide groups is 1. The van der Waals surface area contributed by atoms with E-state index in [4.69, 9.17) is 0 Å². The Balaban J connectivity index is 1.29. The monoisotopic (exact) mass is 446 g/mol. The zero-order valence-electron chi connectivity index (χ0n) is 19.1. The number of rotatable bonds is 4. The summed E-state index contributed by atoms with van der Waals surface area (Å²) in [5.41, 5.74) is 2.57. The number of benzene rings is 1. The molecule has 0 aliphatic carbocycles. The maximum absolute atomic E-state index is 13.3. The van der Waals surface area contributed by atoms with E-state index in [9.17, 15) is 14.4 Å². The zero-order chi connectivity index (χ0) is 22.9. The summed E-state index contributed by atoms with van der Waals surface area (Å²) in [4.78, 5) is 48.9. The third-order valence-electron chi connectivity index (χ3n) is 7.19. The summed E-state index contributed by atoms with van der Waals surface area (Å²) in [7, 11) is 0. The molecule has 0 N–H and O–H groups in total. The molecule has 7 nitrogen and oxygen atoms in total. The van der Waals surface area contributed by atoms with Crippen molar-refractivity contribution in [3.63, 3.8) is 0 Å². The lowest BCUT2D eigenvalue weighted by atomic mass is 9.92. The van der Waals surface area contributed by atoms with Crippen molar-refractivity contribution < 1.29 is 14.4 Å². The third kappa shape index (κ3) is 4.12. The highest BCUT2D eigenvalue weighted by molar-refractivity contribution is 6.23. The molecule has 0 unspecified atom stereocenters. The number of carbonyl (C=O) groups excluding carboxylic acids is 3. The molecule has 0 bridgehead atoms. The minimum absolute atomic E-state index is 0.0442. The van der Waals surface area contributed by atoms with E-state index in [2.05, 4.69) is 16.8 Å². The number of nitrogens with zero attached hydrogens (tertiary/aromatic N) is 4. The molecular weight excluding hydrogens is 416 g/mol. The van der Waals surface area contributed by atoms with Crippen LogP contribution in [0, 0.1) is 11.8 Å². The molecule has 0 radical (unpaired) electrons. The summed E-state index contributed by atoms with van der Waals surface area (Å²) in [5.74, 6) is 0.393. The van der Waals surface area contributed by atoms with Crippen LogP contribution in [0.2, 0.25) is 0 Å². The number of anilines is 1. The minimum Gasteiger partial charge on any atom is -0.371 e. The SMILES string of the molecule is C[C@H]1CCCN(C(=O)C2CCN(c3cccc4c3C(=O)N(Cc3cccnc3)C4=O)CC2)C1. The van der Waals surface area contributed by atoms with Crippen molar-refractivity contribution in [3.05, 3.63) is 59.4 Å². The highest BCUT2D eigenvalue weighted by Gasteiger charge is 2.39. The van der Waals surface area contributed by atoms with Gasteiger partial charge in [-0.15, -0.1) is 0 Å². The summed E-state index contributed by atoms with van der Waals surface area (Å²) >= 11 is 0. The molecule has 0 spiro atoms. The summed E-state index contributed by atoms with van der Waals surface area (Å²) in [6.45, 7) is 5.59. The van der Waals surface area contributed by atoms with E-state index < -0.39 is 0 Å². The molecule has 4 heterocycles. The van der Waals surface area contributed by atoms with Gasteiger partial charge in [0, 0.05) is 44.5 Å².